The summed E-state index contributed by atoms with van der Waals surface area (Å²) in [4.78, 5) is 7.02. The van der Waals surface area contributed by atoms with Crippen molar-refractivity contribution in [1.82, 2.24) is 0 Å². The van der Waals surface area contributed by atoms with E-state index in [0.717, 1.165) is 6.54 Å². The van der Waals surface area contributed by atoms with E-state index in [0.29, 0.717) is 12.5 Å². The van der Waals surface area contributed by atoms with Crippen molar-refractivity contribution < 1.29 is 4.84 Å². The number of nitrogens with two attached hydrogens (primary N) is 1. The Hall–Kier alpha value is -1.06. The lowest BCUT2D eigenvalue weighted by molar-refractivity contribution is 0.126. The van der Waals surface area contributed by atoms with E-state index in [4.69, 9.17) is 10.7 Å². The molecule has 0 radical (unpaired) electrons. The zero-order valence-corrected chi connectivity index (χ0v) is 8.66. The Bertz CT molecular complexity index is 338. The summed E-state index contributed by atoms with van der Waals surface area (Å²) in [6, 6.07) is 6.39. The molecule has 0 amide bonds. The molecule has 76 valence electrons. The quantitative estimate of drug-likeness (QED) is 0.720. The van der Waals surface area contributed by atoms with Gasteiger partial charge < -0.3 is 9.74 Å². The molecule has 1 aliphatic rings. The van der Waals surface area contributed by atoms with Crippen LogP contribution < -0.4 is 10.8 Å². The minimum atomic E-state index is 0.418. The topological polar surface area (TPSA) is 38.5 Å². The molecule has 0 spiro atoms. The van der Waals surface area contributed by atoms with Crippen molar-refractivity contribution in [2.45, 2.75) is 12.8 Å². The highest BCUT2D eigenvalue weighted by Gasteiger charge is 2.27. The van der Waals surface area contributed by atoms with Crippen molar-refractivity contribution >= 4 is 5.69 Å². The molecule has 0 saturated carbocycles. The number of hydrogen-bond donors (Lipinski definition) is 1. The van der Waals surface area contributed by atoms with Gasteiger partial charge in [0.15, 0.2) is 0 Å². The van der Waals surface area contributed by atoms with Crippen LogP contribution in [0.25, 0.3) is 0 Å². The van der Waals surface area contributed by atoms with Crippen LogP contribution in [0.15, 0.2) is 18.2 Å². The number of fused-ring (bicyclic) bond motifs is 1. The predicted molar refractivity (Wildman–Crippen MR) is 57.3 cm³/mol. The molecule has 0 bridgehead atoms. The third-order valence-electron chi connectivity index (χ3n) is 2.91. The van der Waals surface area contributed by atoms with Crippen molar-refractivity contribution in [2.75, 3.05) is 25.1 Å². The molecule has 1 unspecified atom stereocenters. The van der Waals surface area contributed by atoms with Crippen molar-refractivity contribution in [2.24, 2.45) is 5.90 Å². The molecule has 1 atom stereocenters. The van der Waals surface area contributed by atoms with Gasteiger partial charge in [0, 0.05) is 25.2 Å². The maximum atomic E-state index is 5.14. The summed E-state index contributed by atoms with van der Waals surface area (Å²) < 4.78 is 0. The molecule has 0 fully saturated rings. The Morgan fingerprint density at radius 2 is 2.36 bits per heavy atom. The smallest absolute Gasteiger partial charge is 0.0765 e. The van der Waals surface area contributed by atoms with Gasteiger partial charge in [0.25, 0.3) is 0 Å². The average Bonchev–Trinajstić information content (AvgIpc) is 2.46. The lowest BCUT2D eigenvalue weighted by Crippen LogP contribution is -2.19. The maximum Gasteiger partial charge on any atom is 0.0765 e. The largest absolute Gasteiger partial charge is 0.374 e. The highest BCUT2D eigenvalue weighted by atomic mass is 16.6. The van der Waals surface area contributed by atoms with Crippen LogP contribution in [0.3, 0.4) is 0 Å². The minimum Gasteiger partial charge on any atom is -0.374 e. The summed E-state index contributed by atoms with van der Waals surface area (Å²) in [5.74, 6) is 5.56. The third kappa shape index (κ3) is 1.38. The van der Waals surface area contributed by atoms with E-state index in [1.54, 1.807) is 0 Å². The van der Waals surface area contributed by atoms with E-state index in [-0.39, 0.29) is 0 Å². The molecule has 14 heavy (non-hydrogen) atoms. The molecule has 0 aromatic heterocycles. The minimum absolute atomic E-state index is 0.418. The molecule has 1 aromatic rings. The van der Waals surface area contributed by atoms with E-state index in [2.05, 4.69) is 37.1 Å². The molecule has 1 aromatic carbocycles. The Balaban J connectivity index is 2.40. The number of likely N-dealkylation sites (N-methyl/N-ethyl adjacent to an activating group) is 1. The number of nitrogens with zero attached hydrogens (tertiary/aromatic N) is 1. The summed E-state index contributed by atoms with van der Waals surface area (Å²) in [6.07, 6.45) is 0. The van der Waals surface area contributed by atoms with Crippen LogP contribution in [0.2, 0.25) is 0 Å². The van der Waals surface area contributed by atoms with Crippen LogP contribution in [0, 0.1) is 6.92 Å². The fraction of sp³-hybridized carbons (Fsp3) is 0.455. The predicted octanol–water partition coefficient (Wildman–Crippen LogP) is 1.42. The second-order valence-corrected chi connectivity index (χ2v) is 3.92. The Labute approximate surface area is 84.4 Å². The van der Waals surface area contributed by atoms with Gasteiger partial charge in [0.05, 0.1) is 6.61 Å². The third-order valence-corrected chi connectivity index (χ3v) is 2.91. The van der Waals surface area contributed by atoms with E-state index in [1.807, 2.05) is 0 Å². The fourth-order valence-corrected chi connectivity index (χ4v) is 2.30. The van der Waals surface area contributed by atoms with Crippen molar-refractivity contribution in [3.8, 4) is 0 Å². The molecule has 0 saturated heterocycles. The van der Waals surface area contributed by atoms with Crippen LogP contribution >= 0.6 is 0 Å². The average molecular weight is 192 g/mol. The summed E-state index contributed by atoms with van der Waals surface area (Å²) in [5, 5.41) is 0. The first-order valence-corrected chi connectivity index (χ1v) is 4.86. The molecular formula is C11H16N2O. The first-order chi connectivity index (χ1) is 6.74. The van der Waals surface area contributed by atoms with E-state index >= 15 is 0 Å². The zero-order valence-electron chi connectivity index (χ0n) is 8.66. The fourth-order valence-electron chi connectivity index (χ4n) is 2.30. The molecule has 3 nitrogen and oxygen atoms in total. The first-order valence-electron chi connectivity index (χ1n) is 4.86. The Kier molecular flexibility index (Phi) is 2.44. The SMILES string of the molecule is Cc1cccc2c1C(CON)CN2C. The number of benzene rings is 1. The van der Waals surface area contributed by atoms with Gasteiger partial charge in [-0.1, -0.05) is 12.1 Å². The zero-order chi connectivity index (χ0) is 10.1. The number of anilines is 1. The molecule has 2 rings (SSSR count). The maximum absolute atomic E-state index is 5.14. The van der Waals surface area contributed by atoms with Gasteiger partial charge in [0.2, 0.25) is 0 Å². The van der Waals surface area contributed by atoms with Crippen LogP contribution in [0.4, 0.5) is 5.69 Å². The Morgan fingerprint density at radius 3 is 3.07 bits per heavy atom. The van der Waals surface area contributed by atoms with Gasteiger partial charge in [-0.25, -0.2) is 5.90 Å². The van der Waals surface area contributed by atoms with Crippen LogP contribution in [-0.2, 0) is 4.84 Å². The summed E-state index contributed by atoms with van der Waals surface area (Å²) in [7, 11) is 2.11. The van der Waals surface area contributed by atoms with Gasteiger partial charge >= 0.3 is 0 Å². The molecule has 0 aliphatic carbocycles. The lowest BCUT2D eigenvalue weighted by atomic mass is 9.97. The molecular weight excluding hydrogens is 176 g/mol. The highest BCUT2D eigenvalue weighted by molar-refractivity contribution is 5.62. The standard InChI is InChI=1S/C11H16N2O/c1-8-4-3-5-10-11(8)9(7-14-12)6-13(10)2/h3-5,9H,6-7,12H2,1-2H3. The van der Waals surface area contributed by atoms with Gasteiger partial charge in [-0.2, -0.15) is 0 Å². The highest BCUT2D eigenvalue weighted by Crippen LogP contribution is 2.37. The van der Waals surface area contributed by atoms with E-state index in [1.165, 1.54) is 16.8 Å². The molecule has 2 N–H and O–H groups in total. The number of hydrogen-bond acceptors (Lipinski definition) is 3. The van der Waals surface area contributed by atoms with Gasteiger partial charge in [-0.05, 0) is 24.1 Å². The summed E-state index contributed by atoms with van der Waals surface area (Å²) in [5.41, 5.74) is 4.03. The van der Waals surface area contributed by atoms with Gasteiger partial charge in [0.1, 0.15) is 0 Å². The first kappa shape index (κ1) is 9.49. The molecule has 3 heteroatoms. The van der Waals surface area contributed by atoms with Crippen LogP contribution in [-0.4, -0.2) is 20.2 Å². The normalized spacial score (nSPS) is 19.9. The second-order valence-electron chi connectivity index (χ2n) is 3.92. The van der Waals surface area contributed by atoms with Crippen molar-refractivity contribution in [3.63, 3.8) is 0 Å². The van der Waals surface area contributed by atoms with Gasteiger partial charge in [-0.3, -0.25) is 0 Å². The number of rotatable bonds is 2. The second kappa shape index (κ2) is 3.59. The van der Waals surface area contributed by atoms with E-state index < -0.39 is 0 Å². The van der Waals surface area contributed by atoms with Crippen molar-refractivity contribution in [1.29, 1.82) is 0 Å². The van der Waals surface area contributed by atoms with Crippen LogP contribution in [0.1, 0.15) is 17.0 Å². The van der Waals surface area contributed by atoms with E-state index in [9.17, 15) is 0 Å². The molecule has 1 aliphatic heterocycles. The van der Waals surface area contributed by atoms with Crippen molar-refractivity contribution in [3.05, 3.63) is 29.3 Å². The lowest BCUT2D eigenvalue weighted by Gasteiger charge is -2.11. The van der Waals surface area contributed by atoms with Crippen LogP contribution in [0.5, 0.6) is 0 Å². The monoisotopic (exact) mass is 192 g/mol. The number of aryl methyl sites for hydroxylation is 1. The summed E-state index contributed by atoms with van der Waals surface area (Å²) in [6.45, 7) is 3.74. The Morgan fingerprint density at radius 1 is 1.57 bits per heavy atom. The van der Waals surface area contributed by atoms with Gasteiger partial charge in [-0.15, -0.1) is 0 Å². The summed E-state index contributed by atoms with van der Waals surface area (Å²) >= 11 is 0. The molecule has 1 heterocycles.